The minimum atomic E-state index is -0.109. The number of carbonyl (C=O) groups excluding carboxylic acids is 2. The first-order chi connectivity index (χ1) is 18.2. The number of nitrogens with zero attached hydrogens (tertiary/aromatic N) is 4. The van der Waals surface area contributed by atoms with E-state index in [-0.39, 0.29) is 23.1 Å². The highest BCUT2D eigenvalue weighted by Gasteiger charge is 2.27. The number of likely N-dealkylation sites (tertiary alicyclic amines) is 1. The van der Waals surface area contributed by atoms with Crippen LogP contribution in [0.25, 0.3) is 11.4 Å². The molecule has 38 heavy (non-hydrogen) atoms. The predicted molar refractivity (Wildman–Crippen MR) is 149 cm³/mol. The molecule has 1 aliphatic heterocycles. The van der Waals surface area contributed by atoms with Gasteiger partial charge >= 0.3 is 0 Å². The number of hydrogen-bond acceptors (Lipinski definition) is 6. The van der Waals surface area contributed by atoms with E-state index in [2.05, 4.69) is 53.3 Å². The van der Waals surface area contributed by atoms with Crippen LogP contribution < -0.4 is 5.32 Å². The van der Waals surface area contributed by atoms with Crippen molar-refractivity contribution in [2.24, 2.45) is 5.92 Å². The van der Waals surface area contributed by atoms with E-state index in [0.717, 1.165) is 31.5 Å². The Bertz CT molecular complexity index is 1230. The number of hydrogen-bond donors (Lipinski definition) is 1. The van der Waals surface area contributed by atoms with E-state index in [4.69, 9.17) is 4.52 Å². The van der Waals surface area contributed by atoms with E-state index < -0.39 is 0 Å². The lowest BCUT2D eigenvalue weighted by Crippen LogP contribution is -2.38. The van der Waals surface area contributed by atoms with E-state index in [1.54, 1.807) is 17.0 Å². The second-order valence-corrected chi connectivity index (χ2v) is 10.9. The Kier molecular flexibility index (Phi) is 8.62. The Hall–Kier alpha value is -3.52. The largest absolute Gasteiger partial charge is 0.339 e. The van der Waals surface area contributed by atoms with Gasteiger partial charge in [-0.3, -0.25) is 14.5 Å². The van der Waals surface area contributed by atoms with Crippen LogP contribution in [0.1, 0.15) is 69.3 Å². The fraction of sp³-hybridized carbons (Fsp3) is 0.467. The van der Waals surface area contributed by atoms with Gasteiger partial charge in [0.2, 0.25) is 17.6 Å². The lowest BCUT2D eigenvalue weighted by atomic mass is 9.87. The van der Waals surface area contributed by atoms with Crippen molar-refractivity contribution in [2.45, 2.75) is 59.4 Å². The molecule has 202 valence electrons. The standard InChI is InChI=1S/C30H39N5O3/c1-6-35(7-2)29(37)24-10-8-9-11-25(24)31-28(36)22-16-18-34(19-17-22)20-26-32-27(33-38-26)21-12-14-23(15-13-21)30(3,4)5/h8-15,22H,6-7,16-20H2,1-5H3,(H,31,36). The molecule has 3 aromatic rings. The smallest absolute Gasteiger partial charge is 0.255 e. The van der Waals surface area contributed by atoms with Gasteiger partial charge in [-0.1, -0.05) is 62.3 Å². The zero-order valence-electron chi connectivity index (χ0n) is 23.2. The molecule has 4 rings (SSSR count). The number of amides is 2. The molecule has 0 saturated carbocycles. The van der Waals surface area contributed by atoms with E-state index in [1.165, 1.54) is 5.56 Å². The van der Waals surface area contributed by atoms with Gasteiger partial charge in [-0.15, -0.1) is 0 Å². The topological polar surface area (TPSA) is 91.6 Å². The molecule has 8 heteroatoms. The van der Waals surface area contributed by atoms with Crippen LogP contribution in [0, 0.1) is 5.92 Å². The molecule has 8 nitrogen and oxygen atoms in total. The molecule has 0 radical (unpaired) electrons. The number of aromatic nitrogens is 2. The SMILES string of the molecule is CCN(CC)C(=O)c1ccccc1NC(=O)C1CCN(Cc2nc(-c3ccc(C(C)(C)C)cc3)no2)CC1. The normalized spacial score (nSPS) is 14.9. The van der Waals surface area contributed by atoms with Crippen molar-refractivity contribution in [1.82, 2.24) is 19.9 Å². The summed E-state index contributed by atoms with van der Waals surface area (Å²) in [6.07, 6.45) is 1.46. The van der Waals surface area contributed by atoms with Crippen LogP contribution in [0.5, 0.6) is 0 Å². The van der Waals surface area contributed by atoms with E-state index >= 15 is 0 Å². The molecule has 2 aromatic carbocycles. The molecule has 1 aromatic heterocycles. The molecular weight excluding hydrogens is 478 g/mol. The monoisotopic (exact) mass is 517 g/mol. The van der Waals surface area contributed by atoms with Crippen molar-refractivity contribution in [1.29, 1.82) is 0 Å². The Balaban J connectivity index is 1.31. The summed E-state index contributed by atoms with van der Waals surface area (Å²) in [7, 11) is 0. The fourth-order valence-corrected chi connectivity index (χ4v) is 4.79. The van der Waals surface area contributed by atoms with Crippen molar-refractivity contribution < 1.29 is 14.1 Å². The Morgan fingerprint density at radius 3 is 2.32 bits per heavy atom. The number of anilines is 1. The van der Waals surface area contributed by atoms with Crippen LogP contribution >= 0.6 is 0 Å². The molecule has 0 bridgehead atoms. The van der Waals surface area contributed by atoms with Crippen LogP contribution in [0.2, 0.25) is 0 Å². The number of para-hydroxylation sites is 1. The maximum absolute atomic E-state index is 13.1. The number of nitrogens with one attached hydrogen (secondary N) is 1. The maximum Gasteiger partial charge on any atom is 0.255 e. The Morgan fingerprint density at radius 1 is 1.03 bits per heavy atom. The summed E-state index contributed by atoms with van der Waals surface area (Å²) in [4.78, 5) is 34.6. The van der Waals surface area contributed by atoms with Crippen LogP contribution in [-0.4, -0.2) is 57.9 Å². The molecule has 0 spiro atoms. The third-order valence-corrected chi connectivity index (χ3v) is 7.26. The minimum absolute atomic E-state index is 0.0387. The lowest BCUT2D eigenvalue weighted by Gasteiger charge is -2.30. The second kappa shape index (κ2) is 11.9. The maximum atomic E-state index is 13.1. The summed E-state index contributed by atoms with van der Waals surface area (Å²) in [5.74, 6) is 0.953. The van der Waals surface area contributed by atoms with Crippen LogP contribution in [-0.2, 0) is 16.8 Å². The van der Waals surface area contributed by atoms with Gasteiger partial charge in [0.05, 0.1) is 17.8 Å². The molecule has 0 aliphatic carbocycles. The zero-order valence-corrected chi connectivity index (χ0v) is 23.2. The fourth-order valence-electron chi connectivity index (χ4n) is 4.79. The van der Waals surface area contributed by atoms with Gasteiger partial charge in [0, 0.05) is 24.6 Å². The second-order valence-electron chi connectivity index (χ2n) is 10.9. The molecule has 0 atom stereocenters. The first-order valence-corrected chi connectivity index (χ1v) is 13.5. The van der Waals surface area contributed by atoms with Crippen molar-refractivity contribution in [2.75, 3.05) is 31.5 Å². The van der Waals surface area contributed by atoms with Gasteiger partial charge in [-0.25, -0.2) is 0 Å². The van der Waals surface area contributed by atoms with Crippen molar-refractivity contribution in [3.05, 3.63) is 65.5 Å². The van der Waals surface area contributed by atoms with E-state index in [9.17, 15) is 9.59 Å². The highest BCUT2D eigenvalue weighted by Crippen LogP contribution is 2.26. The summed E-state index contributed by atoms with van der Waals surface area (Å²) in [6, 6.07) is 15.5. The molecular formula is C30H39N5O3. The van der Waals surface area contributed by atoms with Gasteiger partial charge in [-0.05, 0) is 62.9 Å². The summed E-state index contributed by atoms with van der Waals surface area (Å²) >= 11 is 0. The molecule has 1 saturated heterocycles. The quantitative estimate of drug-likeness (QED) is 0.432. The first kappa shape index (κ1) is 27.5. The molecule has 2 heterocycles. The third-order valence-electron chi connectivity index (χ3n) is 7.26. The molecule has 0 unspecified atom stereocenters. The number of carbonyl (C=O) groups is 2. The van der Waals surface area contributed by atoms with Gasteiger partial charge in [0.1, 0.15) is 0 Å². The van der Waals surface area contributed by atoms with E-state index in [0.29, 0.717) is 42.6 Å². The van der Waals surface area contributed by atoms with Crippen molar-refractivity contribution in [3.63, 3.8) is 0 Å². The summed E-state index contributed by atoms with van der Waals surface area (Å²) in [5.41, 5.74) is 3.39. The van der Waals surface area contributed by atoms with Gasteiger partial charge < -0.3 is 14.7 Å². The highest BCUT2D eigenvalue weighted by atomic mass is 16.5. The Morgan fingerprint density at radius 2 is 1.68 bits per heavy atom. The first-order valence-electron chi connectivity index (χ1n) is 13.5. The molecule has 1 aliphatic rings. The molecule has 2 amide bonds. The number of rotatable bonds is 8. The van der Waals surface area contributed by atoms with Gasteiger partial charge in [0.15, 0.2) is 0 Å². The average molecular weight is 518 g/mol. The average Bonchev–Trinajstić information content (AvgIpc) is 3.38. The Labute approximate surface area is 225 Å². The number of piperidine rings is 1. The summed E-state index contributed by atoms with van der Waals surface area (Å²) < 4.78 is 5.53. The van der Waals surface area contributed by atoms with Gasteiger partial charge in [-0.2, -0.15) is 4.98 Å². The lowest BCUT2D eigenvalue weighted by molar-refractivity contribution is -0.121. The third kappa shape index (κ3) is 6.48. The van der Waals surface area contributed by atoms with Crippen molar-refractivity contribution >= 4 is 17.5 Å². The zero-order chi connectivity index (χ0) is 27.3. The predicted octanol–water partition coefficient (Wildman–Crippen LogP) is 5.37. The van der Waals surface area contributed by atoms with Crippen LogP contribution in [0.4, 0.5) is 5.69 Å². The minimum Gasteiger partial charge on any atom is -0.339 e. The van der Waals surface area contributed by atoms with E-state index in [1.807, 2.05) is 38.1 Å². The number of benzene rings is 2. The van der Waals surface area contributed by atoms with Crippen LogP contribution in [0.3, 0.4) is 0 Å². The summed E-state index contributed by atoms with van der Waals surface area (Å²) in [5, 5.41) is 7.19. The molecule has 1 N–H and O–H groups in total. The highest BCUT2D eigenvalue weighted by molar-refractivity contribution is 6.04. The van der Waals surface area contributed by atoms with Crippen molar-refractivity contribution in [3.8, 4) is 11.4 Å². The molecule has 1 fully saturated rings. The summed E-state index contributed by atoms with van der Waals surface area (Å²) in [6.45, 7) is 13.8. The van der Waals surface area contributed by atoms with Gasteiger partial charge in [0.25, 0.3) is 5.91 Å². The van der Waals surface area contributed by atoms with Crippen LogP contribution in [0.15, 0.2) is 53.1 Å².